The Labute approximate surface area is 153 Å². The third-order valence-electron chi connectivity index (χ3n) is 3.75. The van der Waals surface area contributed by atoms with Crippen molar-refractivity contribution in [3.63, 3.8) is 0 Å². The van der Waals surface area contributed by atoms with Crippen LogP contribution in [0.15, 0.2) is 41.3 Å². The molecule has 0 aromatic heterocycles. The first kappa shape index (κ1) is 19.6. The van der Waals surface area contributed by atoms with Crippen LogP contribution in [0, 0.1) is 6.92 Å². The molecule has 0 heterocycles. The summed E-state index contributed by atoms with van der Waals surface area (Å²) in [5.74, 6) is 0.516. The second-order valence-electron chi connectivity index (χ2n) is 5.51. The smallest absolute Gasteiger partial charge is 0.262 e. The minimum atomic E-state index is -3.92. The highest BCUT2D eigenvalue weighted by molar-refractivity contribution is 7.92. The SMILES string of the molecule is CCNC(=O)c1cc(S(=O)(=O)Nc2cc(OC)ccc2OC)ccc1C. The summed E-state index contributed by atoms with van der Waals surface area (Å²) in [5.41, 5.74) is 1.24. The van der Waals surface area contributed by atoms with Gasteiger partial charge in [-0.25, -0.2) is 8.42 Å². The first-order chi connectivity index (χ1) is 12.3. The molecule has 7 nitrogen and oxygen atoms in total. The maximum atomic E-state index is 12.8. The number of carbonyl (C=O) groups excluding carboxylic acids is 1. The van der Waals surface area contributed by atoms with Gasteiger partial charge in [-0.2, -0.15) is 0 Å². The molecule has 0 saturated heterocycles. The second-order valence-corrected chi connectivity index (χ2v) is 7.19. The number of amides is 1. The van der Waals surface area contributed by atoms with Crippen LogP contribution in [0.25, 0.3) is 0 Å². The van der Waals surface area contributed by atoms with Gasteiger partial charge in [-0.1, -0.05) is 6.07 Å². The molecular formula is C18H22N2O5S. The van der Waals surface area contributed by atoms with Gasteiger partial charge < -0.3 is 14.8 Å². The highest BCUT2D eigenvalue weighted by Crippen LogP contribution is 2.31. The van der Waals surface area contributed by atoms with Gasteiger partial charge in [-0.3, -0.25) is 9.52 Å². The quantitative estimate of drug-likeness (QED) is 0.772. The average molecular weight is 378 g/mol. The zero-order chi connectivity index (χ0) is 19.3. The number of benzene rings is 2. The van der Waals surface area contributed by atoms with Crippen LogP contribution in [0.2, 0.25) is 0 Å². The fourth-order valence-electron chi connectivity index (χ4n) is 2.37. The molecule has 2 rings (SSSR count). The topological polar surface area (TPSA) is 93.7 Å². The van der Waals surface area contributed by atoms with Crippen molar-refractivity contribution in [1.82, 2.24) is 5.32 Å². The van der Waals surface area contributed by atoms with E-state index in [1.165, 1.54) is 32.4 Å². The average Bonchev–Trinajstić information content (AvgIpc) is 2.61. The van der Waals surface area contributed by atoms with Crippen molar-refractivity contribution in [2.75, 3.05) is 25.5 Å². The molecular weight excluding hydrogens is 356 g/mol. The molecule has 2 N–H and O–H groups in total. The summed E-state index contributed by atoms with van der Waals surface area (Å²) in [6.45, 7) is 4.00. The molecule has 2 aromatic rings. The fraction of sp³-hybridized carbons (Fsp3) is 0.278. The van der Waals surface area contributed by atoms with E-state index in [1.54, 1.807) is 32.0 Å². The first-order valence-corrected chi connectivity index (χ1v) is 9.44. The van der Waals surface area contributed by atoms with Crippen LogP contribution < -0.4 is 19.5 Å². The number of methoxy groups -OCH3 is 2. The van der Waals surface area contributed by atoms with E-state index < -0.39 is 10.0 Å². The number of carbonyl (C=O) groups is 1. The number of ether oxygens (including phenoxy) is 2. The summed E-state index contributed by atoms with van der Waals surface area (Å²) < 4.78 is 38.3. The predicted octanol–water partition coefficient (Wildman–Crippen LogP) is 2.56. The van der Waals surface area contributed by atoms with Crippen molar-refractivity contribution in [1.29, 1.82) is 0 Å². The van der Waals surface area contributed by atoms with Crippen LogP contribution >= 0.6 is 0 Å². The van der Waals surface area contributed by atoms with Crippen LogP contribution in [-0.2, 0) is 10.0 Å². The zero-order valence-electron chi connectivity index (χ0n) is 15.1. The molecule has 0 bridgehead atoms. The van der Waals surface area contributed by atoms with Crippen molar-refractivity contribution in [3.8, 4) is 11.5 Å². The minimum absolute atomic E-state index is 0.0192. The Morgan fingerprint density at radius 3 is 2.42 bits per heavy atom. The maximum absolute atomic E-state index is 12.8. The third-order valence-corrected chi connectivity index (χ3v) is 5.12. The Balaban J connectivity index is 2.42. The van der Waals surface area contributed by atoms with E-state index >= 15 is 0 Å². The molecule has 26 heavy (non-hydrogen) atoms. The van der Waals surface area contributed by atoms with Crippen LogP contribution in [0.1, 0.15) is 22.8 Å². The molecule has 0 unspecified atom stereocenters. The summed E-state index contributed by atoms with van der Waals surface area (Å²) in [7, 11) is -0.996. The van der Waals surface area contributed by atoms with Crippen LogP contribution in [-0.4, -0.2) is 35.1 Å². The molecule has 0 spiro atoms. The Bertz CT molecular complexity index is 910. The largest absolute Gasteiger partial charge is 0.497 e. The highest BCUT2D eigenvalue weighted by atomic mass is 32.2. The number of hydrogen-bond acceptors (Lipinski definition) is 5. The molecule has 0 aliphatic rings. The summed E-state index contributed by atoms with van der Waals surface area (Å²) in [5, 5.41) is 2.67. The second kappa shape index (κ2) is 8.09. The molecule has 2 aromatic carbocycles. The van der Waals surface area contributed by atoms with Crippen molar-refractivity contribution in [3.05, 3.63) is 47.5 Å². The lowest BCUT2D eigenvalue weighted by molar-refractivity contribution is 0.0955. The number of aryl methyl sites for hydroxylation is 1. The van der Waals surface area contributed by atoms with Gasteiger partial charge in [0.1, 0.15) is 11.5 Å². The van der Waals surface area contributed by atoms with E-state index in [-0.39, 0.29) is 16.5 Å². The van der Waals surface area contributed by atoms with E-state index in [4.69, 9.17) is 9.47 Å². The number of rotatable bonds is 7. The minimum Gasteiger partial charge on any atom is -0.497 e. The highest BCUT2D eigenvalue weighted by Gasteiger charge is 2.20. The van der Waals surface area contributed by atoms with Gasteiger partial charge in [0.25, 0.3) is 15.9 Å². The van der Waals surface area contributed by atoms with Gasteiger partial charge in [0.15, 0.2) is 0 Å². The summed E-state index contributed by atoms with van der Waals surface area (Å²) in [4.78, 5) is 12.1. The predicted molar refractivity (Wildman–Crippen MR) is 99.5 cm³/mol. The molecule has 1 amide bonds. The van der Waals surface area contributed by atoms with Crippen molar-refractivity contribution < 1.29 is 22.7 Å². The molecule has 0 fully saturated rings. The van der Waals surface area contributed by atoms with Gasteiger partial charge in [0, 0.05) is 18.2 Å². The Morgan fingerprint density at radius 1 is 1.08 bits per heavy atom. The Kier molecular flexibility index (Phi) is 6.10. The summed E-state index contributed by atoms with van der Waals surface area (Å²) in [6, 6.07) is 9.20. The van der Waals surface area contributed by atoms with E-state index in [2.05, 4.69) is 10.0 Å². The zero-order valence-corrected chi connectivity index (χ0v) is 15.9. The van der Waals surface area contributed by atoms with Crippen molar-refractivity contribution in [2.24, 2.45) is 0 Å². The van der Waals surface area contributed by atoms with E-state index in [0.717, 1.165) is 0 Å². The van der Waals surface area contributed by atoms with Crippen molar-refractivity contribution >= 4 is 21.6 Å². The summed E-state index contributed by atoms with van der Waals surface area (Å²) >= 11 is 0. The number of hydrogen-bond donors (Lipinski definition) is 2. The lowest BCUT2D eigenvalue weighted by Crippen LogP contribution is -2.24. The maximum Gasteiger partial charge on any atom is 0.262 e. The monoisotopic (exact) mass is 378 g/mol. The first-order valence-electron chi connectivity index (χ1n) is 7.96. The van der Waals surface area contributed by atoms with Gasteiger partial charge >= 0.3 is 0 Å². The van der Waals surface area contributed by atoms with E-state index in [9.17, 15) is 13.2 Å². The van der Waals surface area contributed by atoms with Crippen molar-refractivity contribution in [2.45, 2.75) is 18.7 Å². The van der Waals surface area contributed by atoms with Crippen LogP contribution in [0.4, 0.5) is 5.69 Å². The molecule has 8 heteroatoms. The van der Waals surface area contributed by atoms with E-state index in [0.29, 0.717) is 29.2 Å². The number of sulfonamides is 1. The Hall–Kier alpha value is -2.74. The molecule has 0 aliphatic heterocycles. The molecule has 0 atom stereocenters. The molecule has 140 valence electrons. The molecule has 0 saturated carbocycles. The van der Waals surface area contributed by atoms with Gasteiger partial charge in [0.2, 0.25) is 0 Å². The molecule has 0 aliphatic carbocycles. The lowest BCUT2D eigenvalue weighted by Gasteiger charge is -2.14. The van der Waals surface area contributed by atoms with Gasteiger partial charge in [-0.05, 0) is 43.7 Å². The van der Waals surface area contributed by atoms with E-state index in [1.807, 2.05) is 0 Å². The summed E-state index contributed by atoms with van der Waals surface area (Å²) in [6.07, 6.45) is 0. The van der Waals surface area contributed by atoms with Gasteiger partial charge in [-0.15, -0.1) is 0 Å². The lowest BCUT2D eigenvalue weighted by atomic mass is 10.1. The number of anilines is 1. The van der Waals surface area contributed by atoms with Crippen LogP contribution in [0.3, 0.4) is 0 Å². The van der Waals surface area contributed by atoms with Crippen LogP contribution in [0.5, 0.6) is 11.5 Å². The fourth-order valence-corrected chi connectivity index (χ4v) is 3.45. The molecule has 0 radical (unpaired) electrons. The standard InChI is InChI=1S/C18H22N2O5S/c1-5-19-18(21)15-11-14(8-6-12(15)2)26(22,23)20-16-10-13(24-3)7-9-17(16)25-4/h6-11,20H,5H2,1-4H3,(H,19,21). The van der Waals surface area contributed by atoms with Gasteiger partial charge in [0.05, 0.1) is 24.8 Å². The number of nitrogens with one attached hydrogen (secondary N) is 2. The third kappa shape index (κ3) is 4.26. The Morgan fingerprint density at radius 2 is 1.81 bits per heavy atom. The normalized spacial score (nSPS) is 10.9.